The molecule has 0 aliphatic carbocycles. The van der Waals surface area contributed by atoms with Gasteiger partial charge >= 0.3 is 0 Å². The summed E-state index contributed by atoms with van der Waals surface area (Å²) in [4.78, 5) is 12.4. The zero-order valence-corrected chi connectivity index (χ0v) is 13.0. The normalized spacial score (nSPS) is 12.2. The quantitative estimate of drug-likeness (QED) is 0.888. The van der Waals surface area contributed by atoms with Gasteiger partial charge in [0.15, 0.2) is 0 Å². The van der Waals surface area contributed by atoms with Crippen LogP contribution >= 0.6 is 0 Å². The second kappa shape index (κ2) is 6.54. The summed E-state index contributed by atoms with van der Waals surface area (Å²) in [7, 11) is 1.83. The summed E-state index contributed by atoms with van der Waals surface area (Å²) in [6.45, 7) is 6.92. The van der Waals surface area contributed by atoms with Crippen LogP contribution in [0.1, 0.15) is 41.5 Å². The molecule has 1 heterocycles. The van der Waals surface area contributed by atoms with E-state index in [9.17, 15) is 4.79 Å². The Bertz CT molecular complexity index is 633. The Hall–Kier alpha value is -2.14. The minimum absolute atomic E-state index is 0.128. The standard InChI is InChI=1S/C16H22N4O/c1-5-17-11(2)13-8-6-7-9-15(13)19-16(21)14-10-18-20(4)12(14)3/h6-11,17H,5H2,1-4H3,(H,19,21). The Morgan fingerprint density at radius 1 is 1.38 bits per heavy atom. The molecular formula is C16H22N4O. The van der Waals surface area contributed by atoms with E-state index in [2.05, 4.69) is 29.6 Å². The highest BCUT2D eigenvalue weighted by Gasteiger charge is 2.16. The van der Waals surface area contributed by atoms with Crippen LogP contribution in [-0.2, 0) is 7.05 Å². The second-order valence-corrected chi connectivity index (χ2v) is 5.09. The van der Waals surface area contributed by atoms with Crippen molar-refractivity contribution >= 4 is 11.6 Å². The number of anilines is 1. The number of nitrogens with zero attached hydrogens (tertiary/aromatic N) is 2. The van der Waals surface area contributed by atoms with Gasteiger partial charge in [0.05, 0.1) is 11.8 Å². The minimum Gasteiger partial charge on any atom is -0.322 e. The third kappa shape index (κ3) is 3.31. The minimum atomic E-state index is -0.128. The Labute approximate surface area is 125 Å². The lowest BCUT2D eigenvalue weighted by atomic mass is 10.1. The predicted octanol–water partition coefficient (Wildman–Crippen LogP) is 2.65. The molecule has 112 valence electrons. The van der Waals surface area contributed by atoms with Gasteiger partial charge < -0.3 is 10.6 Å². The van der Waals surface area contributed by atoms with Crippen molar-refractivity contribution in [3.63, 3.8) is 0 Å². The van der Waals surface area contributed by atoms with E-state index in [4.69, 9.17) is 0 Å². The molecule has 0 radical (unpaired) electrons. The summed E-state index contributed by atoms with van der Waals surface area (Å²) in [5, 5.41) is 10.5. The average Bonchev–Trinajstić information content (AvgIpc) is 2.80. The molecule has 0 saturated heterocycles. The third-order valence-electron chi connectivity index (χ3n) is 3.67. The van der Waals surface area contributed by atoms with E-state index < -0.39 is 0 Å². The van der Waals surface area contributed by atoms with E-state index >= 15 is 0 Å². The molecule has 2 N–H and O–H groups in total. The van der Waals surface area contributed by atoms with Gasteiger partial charge in [-0.3, -0.25) is 9.48 Å². The van der Waals surface area contributed by atoms with Crippen LogP contribution in [0.2, 0.25) is 0 Å². The highest BCUT2D eigenvalue weighted by molar-refractivity contribution is 6.05. The lowest BCUT2D eigenvalue weighted by molar-refractivity contribution is 0.102. The number of aryl methyl sites for hydroxylation is 1. The summed E-state index contributed by atoms with van der Waals surface area (Å²) in [6.07, 6.45) is 1.60. The van der Waals surface area contributed by atoms with Gasteiger partial charge in [-0.05, 0) is 32.0 Å². The number of benzene rings is 1. The molecule has 0 aliphatic rings. The van der Waals surface area contributed by atoms with Crippen LogP contribution in [0.3, 0.4) is 0 Å². The molecular weight excluding hydrogens is 264 g/mol. The first-order chi connectivity index (χ1) is 10.0. The van der Waals surface area contributed by atoms with Crippen molar-refractivity contribution in [3.8, 4) is 0 Å². The highest BCUT2D eigenvalue weighted by atomic mass is 16.1. The fraction of sp³-hybridized carbons (Fsp3) is 0.375. The van der Waals surface area contributed by atoms with Crippen LogP contribution in [-0.4, -0.2) is 22.2 Å². The van der Waals surface area contributed by atoms with Crippen molar-refractivity contribution < 1.29 is 4.79 Å². The molecule has 0 saturated carbocycles. The van der Waals surface area contributed by atoms with Crippen LogP contribution in [0.25, 0.3) is 0 Å². The molecule has 0 bridgehead atoms. The number of rotatable bonds is 5. The molecule has 21 heavy (non-hydrogen) atoms. The number of aromatic nitrogens is 2. The molecule has 2 rings (SSSR count). The lowest BCUT2D eigenvalue weighted by Crippen LogP contribution is -2.21. The van der Waals surface area contributed by atoms with Crippen molar-refractivity contribution in [2.75, 3.05) is 11.9 Å². The van der Waals surface area contributed by atoms with Gasteiger partial charge in [0.1, 0.15) is 0 Å². The van der Waals surface area contributed by atoms with Crippen LogP contribution < -0.4 is 10.6 Å². The van der Waals surface area contributed by atoms with E-state index in [1.165, 1.54) is 0 Å². The van der Waals surface area contributed by atoms with E-state index in [1.54, 1.807) is 10.9 Å². The number of nitrogens with one attached hydrogen (secondary N) is 2. The van der Waals surface area contributed by atoms with Crippen molar-refractivity contribution in [1.29, 1.82) is 0 Å². The summed E-state index contributed by atoms with van der Waals surface area (Å²) >= 11 is 0. The second-order valence-electron chi connectivity index (χ2n) is 5.09. The Morgan fingerprint density at radius 3 is 2.71 bits per heavy atom. The van der Waals surface area contributed by atoms with Gasteiger partial charge in [-0.1, -0.05) is 25.1 Å². The molecule has 0 fully saturated rings. The number of hydrogen-bond acceptors (Lipinski definition) is 3. The molecule has 1 unspecified atom stereocenters. The molecule has 5 nitrogen and oxygen atoms in total. The molecule has 5 heteroatoms. The first-order valence-corrected chi connectivity index (χ1v) is 7.16. The molecule has 0 aliphatic heterocycles. The first kappa shape index (κ1) is 15.3. The maximum Gasteiger partial charge on any atom is 0.259 e. The summed E-state index contributed by atoms with van der Waals surface area (Å²) in [5.74, 6) is -0.128. The average molecular weight is 286 g/mol. The van der Waals surface area contributed by atoms with Crippen molar-refractivity contribution in [2.24, 2.45) is 7.05 Å². The van der Waals surface area contributed by atoms with Gasteiger partial charge in [0.2, 0.25) is 0 Å². The zero-order valence-electron chi connectivity index (χ0n) is 13.0. The summed E-state index contributed by atoms with van der Waals surface area (Å²) < 4.78 is 1.70. The fourth-order valence-corrected chi connectivity index (χ4v) is 2.32. The molecule has 1 aromatic carbocycles. The predicted molar refractivity (Wildman–Crippen MR) is 84.4 cm³/mol. The van der Waals surface area contributed by atoms with E-state index in [-0.39, 0.29) is 11.9 Å². The third-order valence-corrected chi connectivity index (χ3v) is 3.67. The van der Waals surface area contributed by atoms with Gasteiger partial charge in [-0.15, -0.1) is 0 Å². The lowest BCUT2D eigenvalue weighted by Gasteiger charge is -2.17. The maximum absolute atomic E-state index is 12.4. The number of carbonyl (C=O) groups is 1. The Kier molecular flexibility index (Phi) is 4.75. The van der Waals surface area contributed by atoms with Gasteiger partial charge in [-0.2, -0.15) is 5.10 Å². The largest absolute Gasteiger partial charge is 0.322 e. The summed E-state index contributed by atoms with van der Waals surface area (Å²) in [5.41, 5.74) is 3.36. The van der Waals surface area contributed by atoms with Crippen LogP contribution in [0.15, 0.2) is 30.5 Å². The van der Waals surface area contributed by atoms with Crippen molar-refractivity contribution in [1.82, 2.24) is 15.1 Å². The molecule has 0 spiro atoms. The first-order valence-electron chi connectivity index (χ1n) is 7.16. The number of amides is 1. The number of hydrogen-bond donors (Lipinski definition) is 2. The topological polar surface area (TPSA) is 58.9 Å². The maximum atomic E-state index is 12.4. The van der Waals surface area contributed by atoms with Crippen LogP contribution in [0.4, 0.5) is 5.69 Å². The van der Waals surface area contributed by atoms with Gasteiger partial charge in [0.25, 0.3) is 5.91 Å². The van der Waals surface area contributed by atoms with E-state index in [0.29, 0.717) is 5.56 Å². The van der Waals surface area contributed by atoms with Crippen LogP contribution in [0, 0.1) is 6.92 Å². The van der Waals surface area contributed by atoms with Crippen molar-refractivity contribution in [2.45, 2.75) is 26.8 Å². The molecule has 1 atom stereocenters. The molecule has 2 aromatic rings. The highest BCUT2D eigenvalue weighted by Crippen LogP contribution is 2.23. The molecule has 1 aromatic heterocycles. The fourth-order valence-electron chi connectivity index (χ4n) is 2.32. The van der Waals surface area contributed by atoms with E-state index in [1.807, 2.05) is 38.2 Å². The Balaban J connectivity index is 2.23. The monoisotopic (exact) mass is 286 g/mol. The van der Waals surface area contributed by atoms with Crippen molar-refractivity contribution in [3.05, 3.63) is 47.3 Å². The smallest absolute Gasteiger partial charge is 0.259 e. The zero-order chi connectivity index (χ0) is 15.4. The summed E-state index contributed by atoms with van der Waals surface area (Å²) in [6, 6.07) is 8.04. The van der Waals surface area contributed by atoms with Gasteiger partial charge in [0, 0.05) is 24.5 Å². The number of carbonyl (C=O) groups excluding carboxylic acids is 1. The SMILES string of the molecule is CCNC(C)c1ccccc1NC(=O)c1cnn(C)c1C. The van der Waals surface area contributed by atoms with E-state index in [0.717, 1.165) is 23.5 Å². The van der Waals surface area contributed by atoms with Crippen LogP contribution in [0.5, 0.6) is 0 Å². The van der Waals surface area contributed by atoms with Gasteiger partial charge in [-0.25, -0.2) is 0 Å². The molecule has 1 amide bonds. The Morgan fingerprint density at radius 2 is 2.10 bits per heavy atom. The number of para-hydroxylation sites is 1.